The first-order chi connectivity index (χ1) is 12.9. The minimum Gasteiger partial charge on any atom is -0.357 e. The number of thioether (sulfide) groups is 1. The van der Waals surface area contributed by atoms with Crippen LogP contribution in [0.4, 0.5) is 4.39 Å². The maximum absolute atomic E-state index is 13.7. The van der Waals surface area contributed by atoms with Crippen LogP contribution < -0.4 is 5.32 Å². The zero-order valence-electron chi connectivity index (χ0n) is 15.2. The van der Waals surface area contributed by atoms with Crippen LogP contribution in [0.3, 0.4) is 0 Å². The molecule has 0 aliphatic carbocycles. The van der Waals surface area contributed by atoms with Gasteiger partial charge in [0.15, 0.2) is 0 Å². The van der Waals surface area contributed by atoms with Crippen LogP contribution in [0.1, 0.15) is 18.1 Å². The van der Waals surface area contributed by atoms with Crippen molar-refractivity contribution in [1.29, 1.82) is 0 Å². The number of amides is 2. The molecule has 0 radical (unpaired) electrons. The van der Waals surface area contributed by atoms with Crippen molar-refractivity contribution < 1.29 is 14.0 Å². The van der Waals surface area contributed by atoms with Crippen molar-refractivity contribution in [2.75, 3.05) is 12.8 Å². The molecular weight excluding hydrogens is 431 g/mol. The maximum Gasteiger partial charge on any atom is 0.242 e. The van der Waals surface area contributed by atoms with E-state index in [1.807, 2.05) is 24.3 Å². The second-order valence-electron chi connectivity index (χ2n) is 6.02. The van der Waals surface area contributed by atoms with E-state index in [0.29, 0.717) is 17.9 Å². The van der Waals surface area contributed by atoms with Crippen LogP contribution in [0, 0.1) is 5.82 Å². The topological polar surface area (TPSA) is 49.4 Å². The van der Waals surface area contributed by atoms with E-state index in [4.69, 9.17) is 0 Å². The first kappa shape index (κ1) is 21.4. The number of carbonyl (C=O) groups excluding carboxylic acids is 2. The van der Waals surface area contributed by atoms with Gasteiger partial charge in [-0.1, -0.05) is 46.3 Å². The number of benzene rings is 2. The molecule has 0 aliphatic rings. The number of rotatable bonds is 8. The number of nitrogens with zero attached hydrogens (tertiary/aromatic N) is 1. The number of nitrogens with one attached hydrogen (secondary N) is 1. The van der Waals surface area contributed by atoms with Gasteiger partial charge in [0.2, 0.25) is 11.8 Å². The molecule has 0 saturated heterocycles. The minimum absolute atomic E-state index is 0.157. The Bertz CT molecular complexity index is 786. The normalized spacial score (nSPS) is 11.7. The molecule has 0 heterocycles. The van der Waals surface area contributed by atoms with E-state index in [2.05, 4.69) is 21.2 Å². The third-order valence-corrected chi connectivity index (χ3v) is 5.62. The highest BCUT2D eigenvalue weighted by Crippen LogP contribution is 2.18. The standard InChI is InChI=1S/C20H22BrFN2O2S/c1-14(20(26)23-2)24(11-15-7-9-17(21)10-8-15)19(25)13-27-12-16-5-3-4-6-18(16)22/h3-10,14H,11-13H2,1-2H3,(H,23,26). The van der Waals surface area contributed by atoms with Crippen molar-refractivity contribution in [1.82, 2.24) is 10.2 Å². The van der Waals surface area contributed by atoms with Gasteiger partial charge in [0, 0.05) is 23.8 Å². The summed E-state index contributed by atoms with van der Waals surface area (Å²) < 4.78 is 14.7. The summed E-state index contributed by atoms with van der Waals surface area (Å²) in [5.74, 6) is -0.0803. The summed E-state index contributed by atoms with van der Waals surface area (Å²) in [6.07, 6.45) is 0. The van der Waals surface area contributed by atoms with Crippen molar-refractivity contribution in [3.8, 4) is 0 Å². The SMILES string of the molecule is CNC(=O)C(C)N(Cc1ccc(Br)cc1)C(=O)CSCc1ccccc1F. The fraction of sp³-hybridized carbons (Fsp3) is 0.300. The van der Waals surface area contributed by atoms with E-state index < -0.39 is 6.04 Å². The zero-order valence-corrected chi connectivity index (χ0v) is 17.6. The van der Waals surface area contributed by atoms with Gasteiger partial charge in [-0.05, 0) is 36.2 Å². The van der Waals surface area contributed by atoms with E-state index in [1.54, 1.807) is 37.1 Å². The van der Waals surface area contributed by atoms with Gasteiger partial charge in [0.25, 0.3) is 0 Å². The highest BCUT2D eigenvalue weighted by molar-refractivity contribution is 9.10. The Morgan fingerprint density at radius 2 is 1.85 bits per heavy atom. The molecule has 2 rings (SSSR count). The molecule has 4 nitrogen and oxygen atoms in total. The molecule has 0 fully saturated rings. The Morgan fingerprint density at radius 3 is 2.48 bits per heavy atom. The second kappa shape index (κ2) is 10.5. The van der Waals surface area contributed by atoms with Crippen LogP contribution in [0.5, 0.6) is 0 Å². The fourth-order valence-electron chi connectivity index (χ4n) is 2.52. The minimum atomic E-state index is -0.597. The summed E-state index contributed by atoms with van der Waals surface area (Å²) in [4.78, 5) is 26.4. The van der Waals surface area contributed by atoms with Crippen molar-refractivity contribution in [2.45, 2.75) is 25.3 Å². The molecule has 2 aromatic rings. The van der Waals surface area contributed by atoms with E-state index in [-0.39, 0.29) is 23.4 Å². The quantitative estimate of drug-likeness (QED) is 0.658. The Morgan fingerprint density at radius 1 is 1.19 bits per heavy atom. The molecular formula is C20H22BrFN2O2S. The Hall–Kier alpha value is -1.86. The van der Waals surface area contributed by atoms with Gasteiger partial charge < -0.3 is 10.2 Å². The number of hydrogen-bond donors (Lipinski definition) is 1. The van der Waals surface area contributed by atoms with Crippen LogP contribution in [0.25, 0.3) is 0 Å². The van der Waals surface area contributed by atoms with Gasteiger partial charge in [-0.25, -0.2) is 4.39 Å². The van der Waals surface area contributed by atoms with Crippen molar-refractivity contribution in [3.05, 3.63) is 69.9 Å². The monoisotopic (exact) mass is 452 g/mol. The van der Waals surface area contributed by atoms with Crippen LogP contribution in [-0.2, 0) is 21.9 Å². The van der Waals surface area contributed by atoms with E-state index in [1.165, 1.54) is 17.8 Å². The summed E-state index contributed by atoms with van der Waals surface area (Å²) >= 11 is 4.72. The molecule has 0 spiro atoms. The molecule has 0 saturated carbocycles. The Labute approximate surface area is 171 Å². The number of likely N-dealkylation sites (N-methyl/N-ethyl adjacent to an activating group) is 1. The zero-order chi connectivity index (χ0) is 19.8. The van der Waals surface area contributed by atoms with Crippen molar-refractivity contribution in [3.63, 3.8) is 0 Å². The summed E-state index contributed by atoms with van der Waals surface area (Å²) in [5.41, 5.74) is 1.50. The predicted molar refractivity (Wildman–Crippen MR) is 111 cm³/mol. The number of halogens is 2. The number of hydrogen-bond acceptors (Lipinski definition) is 3. The van der Waals surface area contributed by atoms with Gasteiger partial charge in [-0.15, -0.1) is 11.8 Å². The third-order valence-electron chi connectivity index (χ3n) is 4.12. The van der Waals surface area contributed by atoms with Gasteiger partial charge in [-0.3, -0.25) is 9.59 Å². The van der Waals surface area contributed by atoms with Gasteiger partial charge >= 0.3 is 0 Å². The third kappa shape index (κ3) is 6.36. The average molecular weight is 453 g/mol. The van der Waals surface area contributed by atoms with Gasteiger partial charge in [-0.2, -0.15) is 0 Å². The Kier molecular flexibility index (Phi) is 8.31. The first-order valence-corrected chi connectivity index (χ1v) is 10.4. The number of carbonyl (C=O) groups is 2. The lowest BCUT2D eigenvalue weighted by atomic mass is 10.1. The van der Waals surface area contributed by atoms with Crippen LogP contribution in [0.15, 0.2) is 53.0 Å². The molecule has 27 heavy (non-hydrogen) atoms. The van der Waals surface area contributed by atoms with Gasteiger partial charge in [0.1, 0.15) is 11.9 Å². The molecule has 7 heteroatoms. The van der Waals surface area contributed by atoms with Crippen LogP contribution >= 0.6 is 27.7 Å². The van der Waals surface area contributed by atoms with Crippen molar-refractivity contribution >= 4 is 39.5 Å². The van der Waals surface area contributed by atoms with E-state index >= 15 is 0 Å². The predicted octanol–water partition coefficient (Wildman–Crippen LogP) is 3.98. The molecule has 2 aromatic carbocycles. The maximum atomic E-state index is 13.7. The molecule has 0 aromatic heterocycles. The molecule has 1 N–H and O–H groups in total. The molecule has 1 atom stereocenters. The molecule has 1 unspecified atom stereocenters. The highest BCUT2D eigenvalue weighted by atomic mass is 79.9. The lowest BCUT2D eigenvalue weighted by Crippen LogP contribution is -2.47. The Balaban J connectivity index is 2.04. The largest absolute Gasteiger partial charge is 0.357 e. The lowest BCUT2D eigenvalue weighted by Gasteiger charge is -2.28. The second-order valence-corrected chi connectivity index (χ2v) is 7.92. The summed E-state index contributed by atoms with van der Waals surface area (Å²) in [5, 5.41) is 2.59. The van der Waals surface area contributed by atoms with Crippen molar-refractivity contribution in [2.24, 2.45) is 0 Å². The van der Waals surface area contributed by atoms with Crippen LogP contribution in [0.2, 0.25) is 0 Å². The summed E-state index contributed by atoms with van der Waals surface area (Å²) in [7, 11) is 1.55. The highest BCUT2D eigenvalue weighted by Gasteiger charge is 2.25. The smallest absolute Gasteiger partial charge is 0.242 e. The van der Waals surface area contributed by atoms with E-state index in [9.17, 15) is 14.0 Å². The molecule has 0 aliphatic heterocycles. The summed E-state index contributed by atoms with van der Waals surface area (Å²) in [6, 6.07) is 13.5. The molecule has 144 valence electrons. The fourth-order valence-corrected chi connectivity index (χ4v) is 3.69. The summed E-state index contributed by atoms with van der Waals surface area (Å²) in [6.45, 7) is 2.04. The first-order valence-electron chi connectivity index (χ1n) is 8.49. The van der Waals surface area contributed by atoms with E-state index in [0.717, 1.165) is 10.0 Å². The molecule has 2 amide bonds. The molecule has 0 bridgehead atoms. The van der Waals surface area contributed by atoms with Gasteiger partial charge in [0.05, 0.1) is 5.75 Å². The lowest BCUT2D eigenvalue weighted by molar-refractivity contribution is -0.138. The van der Waals surface area contributed by atoms with Crippen LogP contribution in [-0.4, -0.2) is 35.6 Å². The average Bonchev–Trinajstić information content (AvgIpc) is 2.67.